The minimum atomic E-state index is -1.22. The second-order valence-corrected chi connectivity index (χ2v) is 11.4. The maximum absolute atomic E-state index is 13.5. The lowest BCUT2D eigenvalue weighted by molar-refractivity contribution is -0.145. The number of nitrogens with zero attached hydrogens (tertiary/aromatic N) is 2. The molecule has 2 aliphatic heterocycles. The lowest BCUT2D eigenvalue weighted by Crippen LogP contribution is -2.60. The Morgan fingerprint density at radius 3 is 2.38 bits per heavy atom. The number of fused-ring (bicyclic) bond motifs is 1. The largest absolute Gasteiger partial charge is 0.465 e. The van der Waals surface area contributed by atoms with Crippen molar-refractivity contribution in [3.63, 3.8) is 0 Å². The minimum Gasteiger partial charge on any atom is -0.465 e. The smallest absolute Gasteiger partial charge is 0.408 e. The van der Waals surface area contributed by atoms with Crippen molar-refractivity contribution in [2.45, 2.75) is 78.0 Å². The number of piperidine rings is 1. The Morgan fingerprint density at radius 2 is 1.91 bits per heavy atom. The number of rotatable bonds is 7. The van der Waals surface area contributed by atoms with Crippen LogP contribution >= 0.6 is 0 Å². The van der Waals surface area contributed by atoms with E-state index in [1.165, 1.54) is 11.8 Å². The molecule has 1 saturated carbocycles. The molecule has 6 atom stereocenters. The standard InChI is InChI=1S/C23H37N5O6/c1-11(28(21(33)34)22(2,3)4)20(32)27-10-13-15(23(13,5)6)16(27)19(31)26-14(17(24)29)9-12-7-8-25-18(12)30/h11-16H,7-10H2,1-6H3,(H2,24,29)(H,25,30)(H,26,31)(H,33,34)/t11-,12-,13-,14-,15-,16-/m0/s1. The maximum Gasteiger partial charge on any atom is 0.408 e. The van der Waals surface area contributed by atoms with E-state index in [1.807, 2.05) is 13.8 Å². The fourth-order valence-electron chi connectivity index (χ4n) is 5.85. The van der Waals surface area contributed by atoms with Crippen molar-refractivity contribution in [1.82, 2.24) is 20.4 Å². The lowest BCUT2D eigenvalue weighted by atomic mass is 9.96. The van der Waals surface area contributed by atoms with E-state index in [9.17, 15) is 29.1 Å². The molecule has 11 heteroatoms. The molecule has 1 aliphatic carbocycles. The van der Waals surface area contributed by atoms with Gasteiger partial charge in [-0.15, -0.1) is 0 Å². The lowest BCUT2D eigenvalue weighted by Gasteiger charge is -2.40. The van der Waals surface area contributed by atoms with Gasteiger partial charge >= 0.3 is 6.09 Å². The summed E-state index contributed by atoms with van der Waals surface area (Å²) in [6, 6.07) is -2.88. The van der Waals surface area contributed by atoms with Crippen LogP contribution in [0.4, 0.5) is 4.79 Å². The molecule has 2 saturated heterocycles. The third-order valence-electron chi connectivity index (χ3n) is 7.78. The molecule has 0 aromatic heterocycles. The Hall–Kier alpha value is -2.85. The first-order valence-electron chi connectivity index (χ1n) is 11.8. The molecule has 0 unspecified atom stereocenters. The van der Waals surface area contributed by atoms with Crippen molar-refractivity contribution in [2.24, 2.45) is 28.9 Å². The molecule has 0 aromatic carbocycles. The van der Waals surface area contributed by atoms with Crippen LogP contribution in [0.3, 0.4) is 0 Å². The molecule has 0 aromatic rings. The highest BCUT2D eigenvalue weighted by atomic mass is 16.4. The zero-order valence-corrected chi connectivity index (χ0v) is 20.8. The van der Waals surface area contributed by atoms with Gasteiger partial charge in [0.15, 0.2) is 0 Å². The monoisotopic (exact) mass is 479 g/mol. The van der Waals surface area contributed by atoms with E-state index in [4.69, 9.17) is 5.73 Å². The van der Waals surface area contributed by atoms with Crippen LogP contribution in [-0.2, 0) is 19.2 Å². The van der Waals surface area contributed by atoms with Gasteiger partial charge in [0, 0.05) is 24.5 Å². The molecular weight excluding hydrogens is 442 g/mol. The minimum absolute atomic E-state index is 0.0955. The fourth-order valence-corrected chi connectivity index (χ4v) is 5.85. The van der Waals surface area contributed by atoms with Gasteiger partial charge < -0.3 is 26.4 Å². The van der Waals surface area contributed by atoms with Gasteiger partial charge in [-0.3, -0.25) is 24.1 Å². The predicted molar refractivity (Wildman–Crippen MR) is 122 cm³/mol. The fraction of sp³-hybridized carbons (Fsp3) is 0.783. The number of hydrogen-bond donors (Lipinski definition) is 4. The van der Waals surface area contributed by atoms with E-state index in [1.54, 1.807) is 20.8 Å². The number of primary amides is 1. The molecule has 34 heavy (non-hydrogen) atoms. The van der Waals surface area contributed by atoms with Crippen LogP contribution in [0.1, 0.15) is 54.4 Å². The average Bonchev–Trinajstić information content (AvgIpc) is 3.07. The number of nitrogens with one attached hydrogen (secondary N) is 2. The van der Waals surface area contributed by atoms with E-state index >= 15 is 0 Å². The SMILES string of the molecule is C[C@@H](C(=O)N1C[C@H]2[C@@H]([C@H]1C(=O)N[C@@H](C[C@@H]1CCNC1=O)C(N)=O)C2(C)C)N(C(=O)O)C(C)(C)C. The van der Waals surface area contributed by atoms with Gasteiger partial charge in [0.05, 0.1) is 0 Å². The highest BCUT2D eigenvalue weighted by molar-refractivity contribution is 5.95. The molecule has 5 N–H and O–H groups in total. The first kappa shape index (κ1) is 25.8. The van der Waals surface area contributed by atoms with Gasteiger partial charge in [-0.2, -0.15) is 0 Å². The number of carbonyl (C=O) groups excluding carboxylic acids is 4. The highest BCUT2D eigenvalue weighted by Gasteiger charge is 2.69. The summed E-state index contributed by atoms with van der Waals surface area (Å²) in [4.78, 5) is 65.4. The first-order chi connectivity index (χ1) is 15.6. The Bertz CT molecular complexity index is 897. The van der Waals surface area contributed by atoms with Crippen LogP contribution in [-0.4, -0.2) is 81.4 Å². The number of carbonyl (C=O) groups is 5. The molecule has 11 nitrogen and oxygen atoms in total. The van der Waals surface area contributed by atoms with E-state index in [0.29, 0.717) is 19.5 Å². The molecule has 3 rings (SSSR count). The predicted octanol–water partition coefficient (Wildman–Crippen LogP) is 0.133. The van der Waals surface area contributed by atoms with Crippen molar-refractivity contribution in [3.05, 3.63) is 0 Å². The van der Waals surface area contributed by atoms with E-state index in [0.717, 1.165) is 4.90 Å². The van der Waals surface area contributed by atoms with Crippen molar-refractivity contribution in [1.29, 1.82) is 0 Å². The summed E-state index contributed by atoms with van der Waals surface area (Å²) < 4.78 is 0. The van der Waals surface area contributed by atoms with Crippen LogP contribution in [0.5, 0.6) is 0 Å². The van der Waals surface area contributed by atoms with Crippen LogP contribution < -0.4 is 16.4 Å². The number of hydrogen-bond acceptors (Lipinski definition) is 5. The quantitative estimate of drug-likeness (QED) is 0.406. The molecule has 2 heterocycles. The number of carboxylic acid groups (broad SMARTS) is 1. The molecule has 190 valence electrons. The topological polar surface area (TPSA) is 162 Å². The number of nitrogens with two attached hydrogens (primary N) is 1. The van der Waals surface area contributed by atoms with Gasteiger partial charge in [0.25, 0.3) is 0 Å². The maximum atomic E-state index is 13.5. The Kier molecular flexibility index (Phi) is 6.62. The van der Waals surface area contributed by atoms with Crippen molar-refractivity contribution in [2.75, 3.05) is 13.1 Å². The Balaban J connectivity index is 1.81. The first-order valence-corrected chi connectivity index (χ1v) is 11.8. The highest BCUT2D eigenvalue weighted by Crippen LogP contribution is 2.65. The third-order valence-corrected chi connectivity index (χ3v) is 7.78. The van der Waals surface area contributed by atoms with Gasteiger partial charge in [-0.05, 0) is 57.8 Å². The average molecular weight is 480 g/mol. The number of amides is 5. The van der Waals surface area contributed by atoms with E-state index < -0.39 is 53.4 Å². The summed E-state index contributed by atoms with van der Waals surface area (Å²) in [7, 11) is 0. The van der Waals surface area contributed by atoms with Gasteiger partial charge in [-0.25, -0.2) is 4.79 Å². The molecule has 0 radical (unpaired) electrons. The van der Waals surface area contributed by atoms with Crippen molar-refractivity contribution in [3.8, 4) is 0 Å². The van der Waals surface area contributed by atoms with Gasteiger partial charge in [-0.1, -0.05) is 13.8 Å². The summed E-state index contributed by atoms with van der Waals surface area (Å²) in [5, 5.41) is 15.1. The summed E-state index contributed by atoms with van der Waals surface area (Å²) >= 11 is 0. The zero-order chi connectivity index (χ0) is 25.7. The number of likely N-dealkylation sites (tertiary alicyclic amines) is 1. The zero-order valence-electron chi connectivity index (χ0n) is 20.8. The summed E-state index contributed by atoms with van der Waals surface area (Å²) in [5.74, 6) is -2.30. The normalized spacial score (nSPS) is 29.0. The summed E-state index contributed by atoms with van der Waals surface area (Å²) in [5.41, 5.74) is 4.55. The second kappa shape index (κ2) is 8.74. The van der Waals surface area contributed by atoms with Crippen LogP contribution in [0.15, 0.2) is 0 Å². The Labute approximate surface area is 199 Å². The van der Waals surface area contributed by atoms with E-state index in [-0.39, 0.29) is 29.6 Å². The Morgan fingerprint density at radius 1 is 1.29 bits per heavy atom. The molecule has 3 aliphatic rings. The van der Waals surface area contributed by atoms with Crippen molar-refractivity contribution < 1.29 is 29.1 Å². The molecule has 0 spiro atoms. The third kappa shape index (κ3) is 4.56. The van der Waals surface area contributed by atoms with Crippen molar-refractivity contribution >= 4 is 29.7 Å². The molecule has 5 amide bonds. The summed E-state index contributed by atoms with van der Waals surface area (Å²) in [6.07, 6.45) is -0.569. The molecule has 3 fully saturated rings. The van der Waals surface area contributed by atoms with Crippen LogP contribution in [0.25, 0.3) is 0 Å². The summed E-state index contributed by atoms with van der Waals surface area (Å²) in [6.45, 7) is 11.5. The second-order valence-electron chi connectivity index (χ2n) is 11.4. The molecule has 0 bridgehead atoms. The molecular formula is C23H37N5O6. The van der Waals surface area contributed by atoms with Crippen LogP contribution in [0, 0.1) is 23.2 Å². The van der Waals surface area contributed by atoms with E-state index in [2.05, 4.69) is 10.6 Å². The van der Waals surface area contributed by atoms with Gasteiger partial charge in [0.2, 0.25) is 23.6 Å². The van der Waals surface area contributed by atoms with Gasteiger partial charge in [0.1, 0.15) is 18.1 Å². The van der Waals surface area contributed by atoms with Crippen LogP contribution in [0.2, 0.25) is 0 Å².